The fourth-order valence-corrected chi connectivity index (χ4v) is 2.50. The SMILES string of the molecule is Nc1nc(=S)c2ncn([C@@H]3O[C@H](CO)[C@H](O)[C@H]3O)c2[nH]1. The molecule has 20 heavy (non-hydrogen) atoms. The number of H-pyrrole nitrogens is 1. The molecule has 1 saturated heterocycles. The van der Waals surface area contributed by atoms with Crippen LogP contribution in [-0.2, 0) is 4.74 Å². The highest BCUT2D eigenvalue weighted by atomic mass is 32.1. The van der Waals surface area contributed by atoms with Gasteiger partial charge in [-0.2, -0.15) is 0 Å². The third-order valence-electron chi connectivity index (χ3n) is 3.26. The minimum Gasteiger partial charge on any atom is -0.394 e. The topological polar surface area (TPSA) is 142 Å². The van der Waals surface area contributed by atoms with E-state index in [-0.39, 0.29) is 10.6 Å². The number of nitrogens with one attached hydrogen (secondary N) is 1. The Morgan fingerprint density at radius 2 is 2.20 bits per heavy atom. The quantitative estimate of drug-likeness (QED) is 0.430. The Labute approximate surface area is 117 Å². The molecule has 2 aromatic heterocycles. The van der Waals surface area contributed by atoms with Crippen LogP contribution in [0.4, 0.5) is 5.95 Å². The van der Waals surface area contributed by atoms with Crippen LogP contribution in [0.3, 0.4) is 0 Å². The van der Waals surface area contributed by atoms with E-state index in [9.17, 15) is 10.2 Å². The zero-order valence-corrected chi connectivity index (χ0v) is 11.0. The Balaban J connectivity index is 2.09. The van der Waals surface area contributed by atoms with E-state index in [1.54, 1.807) is 0 Å². The molecule has 0 radical (unpaired) electrons. The van der Waals surface area contributed by atoms with Gasteiger partial charge in [0.15, 0.2) is 16.8 Å². The maximum Gasteiger partial charge on any atom is 0.200 e. The van der Waals surface area contributed by atoms with Crippen LogP contribution in [0.5, 0.6) is 0 Å². The normalized spacial score (nSPS) is 30.1. The predicted octanol–water partition coefficient (Wildman–Crippen LogP) is -1.32. The third-order valence-corrected chi connectivity index (χ3v) is 3.54. The Kier molecular flexibility index (Phi) is 3.18. The van der Waals surface area contributed by atoms with E-state index < -0.39 is 31.1 Å². The molecule has 1 fully saturated rings. The zero-order chi connectivity index (χ0) is 14.4. The Morgan fingerprint density at radius 1 is 1.45 bits per heavy atom. The van der Waals surface area contributed by atoms with Crippen LogP contribution in [0.1, 0.15) is 6.23 Å². The molecule has 2 aromatic rings. The number of nitrogens with zero attached hydrogens (tertiary/aromatic N) is 3. The van der Waals surface area contributed by atoms with E-state index >= 15 is 0 Å². The van der Waals surface area contributed by atoms with Crippen molar-refractivity contribution in [3.05, 3.63) is 11.0 Å². The van der Waals surface area contributed by atoms with Gasteiger partial charge in [-0.15, -0.1) is 0 Å². The summed E-state index contributed by atoms with van der Waals surface area (Å²) in [7, 11) is 0. The van der Waals surface area contributed by atoms with Crippen molar-refractivity contribution in [1.29, 1.82) is 0 Å². The summed E-state index contributed by atoms with van der Waals surface area (Å²) < 4.78 is 7.11. The van der Waals surface area contributed by atoms with Crippen LogP contribution in [0.15, 0.2) is 6.33 Å². The lowest BCUT2D eigenvalue weighted by molar-refractivity contribution is -0.0511. The molecule has 10 heteroatoms. The van der Waals surface area contributed by atoms with Crippen molar-refractivity contribution >= 4 is 29.3 Å². The van der Waals surface area contributed by atoms with Gasteiger partial charge in [-0.3, -0.25) is 4.57 Å². The second-order valence-electron chi connectivity index (χ2n) is 4.51. The summed E-state index contributed by atoms with van der Waals surface area (Å²) >= 11 is 5.05. The smallest absolute Gasteiger partial charge is 0.200 e. The lowest BCUT2D eigenvalue weighted by Crippen LogP contribution is -2.33. The molecule has 0 bridgehead atoms. The lowest BCUT2D eigenvalue weighted by Gasteiger charge is -2.16. The molecule has 6 N–H and O–H groups in total. The summed E-state index contributed by atoms with van der Waals surface area (Å²) in [4.78, 5) is 10.8. The highest BCUT2D eigenvalue weighted by Gasteiger charge is 2.43. The number of aliphatic hydroxyl groups is 3. The molecule has 4 atom stereocenters. The van der Waals surface area contributed by atoms with Crippen molar-refractivity contribution in [3.8, 4) is 0 Å². The van der Waals surface area contributed by atoms with Crippen molar-refractivity contribution in [1.82, 2.24) is 19.5 Å². The van der Waals surface area contributed by atoms with E-state index in [1.807, 2.05) is 0 Å². The minimum absolute atomic E-state index is 0.107. The summed E-state index contributed by atoms with van der Waals surface area (Å²) in [5, 5.41) is 28.9. The Morgan fingerprint density at radius 3 is 2.85 bits per heavy atom. The van der Waals surface area contributed by atoms with Gasteiger partial charge in [-0.1, -0.05) is 12.2 Å². The Bertz CT molecular complexity index is 701. The summed E-state index contributed by atoms with van der Waals surface area (Å²) in [6, 6.07) is 0. The molecule has 1 aliphatic rings. The number of imidazole rings is 1. The summed E-state index contributed by atoms with van der Waals surface area (Å²) in [6.45, 7) is -0.402. The first-order chi connectivity index (χ1) is 9.52. The number of aromatic nitrogens is 4. The molecular formula is C10H13N5O4S. The molecule has 0 saturated carbocycles. The van der Waals surface area contributed by atoms with Crippen molar-refractivity contribution in [3.63, 3.8) is 0 Å². The molecule has 0 aromatic carbocycles. The molecule has 3 rings (SSSR count). The number of anilines is 1. The molecule has 0 spiro atoms. The second-order valence-corrected chi connectivity index (χ2v) is 4.89. The number of nitrogen functional groups attached to an aromatic ring is 1. The number of hydrogen-bond donors (Lipinski definition) is 5. The standard InChI is InChI=1S/C10H13N5O4S/c11-10-13-7-4(8(20)14-10)12-2-15(7)9-6(18)5(17)3(1-16)19-9/h2-3,5-6,9,16-18H,1H2,(H3,11,13,14,20)/t3-,5+,6-,9-/m1/s1. The number of hydrogen-bond acceptors (Lipinski definition) is 8. The average molecular weight is 299 g/mol. The van der Waals surface area contributed by atoms with Gasteiger partial charge in [-0.25, -0.2) is 9.97 Å². The van der Waals surface area contributed by atoms with Crippen LogP contribution in [-0.4, -0.2) is 59.8 Å². The van der Waals surface area contributed by atoms with Crippen LogP contribution < -0.4 is 5.73 Å². The summed E-state index contributed by atoms with van der Waals surface area (Å²) in [6.07, 6.45) is -2.77. The lowest BCUT2D eigenvalue weighted by atomic mass is 10.1. The zero-order valence-electron chi connectivity index (χ0n) is 10.2. The van der Waals surface area contributed by atoms with Crippen LogP contribution in [0, 0.1) is 4.64 Å². The number of nitrogens with two attached hydrogens (primary N) is 1. The number of aliphatic hydroxyl groups excluding tert-OH is 3. The van der Waals surface area contributed by atoms with Gasteiger partial charge in [0.2, 0.25) is 0 Å². The molecule has 108 valence electrons. The van der Waals surface area contributed by atoms with Gasteiger partial charge in [0.1, 0.15) is 29.5 Å². The minimum atomic E-state index is -1.21. The van der Waals surface area contributed by atoms with E-state index in [2.05, 4.69) is 15.0 Å². The number of ether oxygens (including phenoxy) is 1. The van der Waals surface area contributed by atoms with E-state index in [0.29, 0.717) is 11.2 Å². The van der Waals surface area contributed by atoms with Crippen molar-refractivity contribution in [2.24, 2.45) is 0 Å². The fraction of sp³-hybridized carbons (Fsp3) is 0.500. The van der Waals surface area contributed by atoms with Gasteiger partial charge in [0, 0.05) is 0 Å². The van der Waals surface area contributed by atoms with E-state index in [1.165, 1.54) is 10.9 Å². The largest absolute Gasteiger partial charge is 0.394 e. The van der Waals surface area contributed by atoms with Gasteiger partial charge in [-0.05, 0) is 0 Å². The van der Waals surface area contributed by atoms with Gasteiger partial charge in [0.25, 0.3) is 0 Å². The van der Waals surface area contributed by atoms with Crippen LogP contribution in [0.25, 0.3) is 11.2 Å². The summed E-state index contributed by atoms with van der Waals surface area (Å²) in [5.74, 6) is 0.107. The third kappa shape index (κ3) is 1.89. The van der Waals surface area contributed by atoms with Crippen molar-refractivity contribution in [2.45, 2.75) is 24.5 Å². The van der Waals surface area contributed by atoms with Crippen LogP contribution >= 0.6 is 12.2 Å². The molecular weight excluding hydrogens is 286 g/mol. The summed E-state index contributed by atoms with van der Waals surface area (Å²) in [5.41, 5.74) is 6.44. The first-order valence-electron chi connectivity index (χ1n) is 5.87. The molecule has 0 aliphatic carbocycles. The predicted molar refractivity (Wildman–Crippen MR) is 70.1 cm³/mol. The van der Waals surface area contributed by atoms with Gasteiger partial charge < -0.3 is 30.8 Å². The van der Waals surface area contributed by atoms with Crippen molar-refractivity contribution < 1.29 is 20.1 Å². The molecule has 3 heterocycles. The Hall–Kier alpha value is -1.59. The second kappa shape index (κ2) is 4.75. The fourth-order valence-electron chi connectivity index (χ4n) is 2.26. The highest BCUT2D eigenvalue weighted by Crippen LogP contribution is 2.31. The molecule has 0 unspecified atom stereocenters. The number of rotatable bonds is 2. The molecule has 0 amide bonds. The van der Waals surface area contributed by atoms with Crippen LogP contribution in [0.2, 0.25) is 0 Å². The van der Waals surface area contributed by atoms with Gasteiger partial charge >= 0.3 is 0 Å². The highest BCUT2D eigenvalue weighted by molar-refractivity contribution is 7.71. The van der Waals surface area contributed by atoms with Crippen molar-refractivity contribution in [2.75, 3.05) is 12.3 Å². The van der Waals surface area contributed by atoms with E-state index in [0.717, 1.165) is 0 Å². The number of fused-ring (bicyclic) bond motifs is 1. The monoisotopic (exact) mass is 299 g/mol. The molecule has 1 aliphatic heterocycles. The first-order valence-corrected chi connectivity index (χ1v) is 6.28. The maximum atomic E-state index is 10.0. The van der Waals surface area contributed by atoms with E-state index in [4.69, 9.17) is 27.8 Å². The maximum absolute atomic E-state index is 10.0. The first kappa shape index (κ1) is 13.4. The molecule has 9 nitrogen and oxygen atoms in total. The average Bonchev–Trinajstić information content (AvgIpc) is 2.93. The number of aromatic amines is 1. The van der Waals surface area contributed by atoms with Gasteiger partial charge in [0.05, 0.1) is 12.9 Å².